The number of halogens is 2. The minimum Gasteiger partial charge on any atom is -0.368 e. The molecule has 110 valence electrons. The van der Waals surface area contributed by atoms with Gasteiger partial charge in [-0.15, -0.1) is 0 Å². The topological polar surface area (TPSA) is 29.5 Å². The van der Waals surface area contributed by atoms with Crippen LogP contribution in [0.2, 0.25) is 0 Å². The summed E-state index contributed by atoms with van der Waals surface area (Å²) in [5.41, 5.74) is 0.840. The van der Waals surface area contributed by atoms with Gasteiger partial charge in [0.25, 0.3) is 5.91 Å². The largest absolute Gasteiger partial charge is 0.368 e. The Bertz CT molecular complexity index is 519. The Balaban J connectivity index is 2.23. The van der Waals surface area contributed by atoms with E-state index in [0.717, 1.165) is 0 Å². The highest BCUT2D eigenvalue weighted by Crippen LogP contribution is 2.24. The van der Waals surface area contributed by atoms with E-state index in [-0.39, 0.29) is 23.4 Å². The highest BCUT2D eigenvalue weighted by atomic mass is 79.9. The van der Waals surface area contributed by atoms with Crippen molar-refractivity contribution in [3.05, 3.63) is 35.1 Å². The second-order valence-corrected chi connectivity index (χ2v) is 6.45. The van der Waals surface area contributed by atoms with Crippen molar-refractivity contribution in [1.29, 1.82) is 0 Å². The number of ether oxygens (including phenoxy) is 1. The quantitative estimate of drug-likeness (QED) is 0.772. The number of amides is 1. The molecule has 20 heavy (non-hydrogen) atoms. The first-order valence-corrected chi connectivity index (χ1v) is 7.74. The number of morpholine rings is 1. The fourth-order valence-corrected chi connectivity index (χ4v) is 2.91. The van der Waals surface area contributed by atoms with Gasteiger partial charge >= 0.3 is 0 Å². The minimum atomic E-state index is -0.375. The van der Waals surface area contributed by atoms with E-state index in [0.29, 0.717) is 29.5 Å². The molecule has 0 aliphatic carbocycles. The third-order valence-electron chi connectivity index (χ3n) is 3.36. The van der Waals surface area contributed by atoms with Crippen LogP contribution in [0, 0.1) is 12.7 Å². The average Bonchev–Trinajstić information content (AvgIpc) is 2.36. The van der Waals surface area contributed by atoms with E-state index in [9.17, 15) is 9.18 Å². The van der Waals surface area contributed by atoms with Crippen molar-refractivity contribution in [3.63, 3.8) is 0 Å². The highest BCUT2D eigenvalue weighted by molar-refractivity contribution is 9.09. The van der Waals surface area contributed by atoms with Crippen molar-refractivity contribution in [2.75, 3.05) is 18.4 Å². The normalized spacial score (nSPS) is 21.9. The molecule has 2 rings (SSSR count). The van der Waals surface area contributed by atoms with Crippen LogP contribution in [-0.2, 0) is 4.74 Å². The Morgan fingerprint density at radius 2 is 2.25 bits per heavy atom. The van der Waals surface area contributed by atoms with E-state index in [1.165, 1.54) is 12.1 Å². The number of rotatable bonds is 2. The third-order valence-corrected chi connectivity index (χ3v) is 4.08. The van der Waals surface area contributed by atoms with E-state index in [2.05, 4.69) is 15.9 Å². The van der Waals surface area contributed by atoms with Gasteiger partial charge in [0.1, 0.15) is 5.82 Å². The summed E-state index contributed by atoms with van der Waals surface area (Å²) >= 11 is 3.41. The zero-order valence-electron chi connectivity index (χ0n) is 12.0. The van der Waals surface area contributed by atoms with Gasteiger partial charge in [0.05, 0.1) is 11.7 Å². The molecule has 1 aromatic carbocycles. The molecule has 5 heteroatoms. The van der Waals surface area contributed by atoms with Crippen molar-refractivity contribution >= 4 is 21.8 Å². The molecule has 0 spiro atoms. The van der Waals surface area contributed by atoms with Crippen molar-refractivity contribution in [2.45, 2.75) is 32.5 Å². The average molecular weight is 344 g/mol. The molecule has 1 aromatic rings. The van der Waals surface area contributed by atoms with Crippen LogP contribution in [0.15, 0.2) is 18.2 Å². The molecule has 1 aliphatic heterocycles. The molecule has 1 fully saturated rings. The maximum absolute atomic E-state index is 13.1. The van der Waals surface area contributed by atoms with Crippen LogP contribution in [0.4, 0.5) is 4.39 Å². The summed E-state index contributed by atoms with van der Waals surface area (Å²) in [4.78, 5) is 14.4. The molecule has 0 saturated carbocycles. The van der Waals surface area contributed by atoms with Crippen LogP contribution in [0.1, 0.15) is 29.8 Å². The molecule has 1 saturated heterocycles. The zero-order chi connectivity index (χ0) is 14.9. The van der Waals surface area contributed by atoms with E-state index < -0.39 is 0 Å². The number of alkyl halides is 1. The lowest BCUT2D eigenvalue weighted by atomic mass is 10.0. The van der Waals surface area contributed by atoms with E-state index in [1.807, 2.05) is 13.8 Å². The van der Waals surface area contributed by atoms with Gasteiger partial charge in [-0.3, -0.25) is 4.79 Å². The molecule has 1 atom stereocenters. The molecule has 1 aliphatic rings. The Labute approximate surface area is 127 Å². The molecule has 1 unspecified atom stereocenters. The molecule has 1 amide bonds. The lowest BCUT2D eigenvalue weighted by Gasteiger charge is -2.42. The zero-order valence-corrected chi connectivity index (χ0v) is 13.5. The number of hydrogen-bond donors (Lipinski definition) is 0. The van der Waals surface area contributed by atoms with Crippen LogP contribution < -0.4 is 0 Å². The molecule has 0 bridgehead atoms. The van der Waals surface area contributed by atoms with Gasteiger partial charge in [-0.25, -0.2) is 4.39 Å². The Morgan fingerprint density at radius 3 is 2.85 bits per heavy atom. The third kappa shape index (κ3) is 3.38. The van der Waals surface area contributed by atoms with Crippen molar-refractivity contribution in [1.82, 2.24) is 4.90 Å². The highest BCUT2D eigenvalue weighted by Gasteiger charge is 2.35. The summed E-state index contributed by atoms with van der Waals surface area (Å²) < 4.78 is 19.0. The standard InChI is InChI=1S/C15H19BrFNO2/c1-10-6-11(17)4-5-13(10)14(19)18-8-12(7-16)20-15(2,3)9-18/h4-6,12H,7-9H2,1-3H3. The molecule has 0 radical (unpaired) electrons. The number of carbonyl (C=O) groups excluding carboxylic acids is 1. The van der Waals surface area contributed by atoms with E-state index in [4.69, 9.17) is 4.74 Å². The maximum atomic E-state index is 13.1. The van der Waals surface area contributed by atoms with Gasteiger partial charge in [0.15, 0.2) is 0 Å². The van der Waals surface area contributed by atoms with Crippen LogP contribution in [0.3, 0.4) is 0 Å². The SMILES string of the molecule is Cc1cc(F)ccc1C(=O)N1CC(CBr)OC(C)(C)C1. The predicted molar refractivity (Wildman–Crippen MR) is 79.8 cm³/mol. The van der Waals surface area contributed by atoms with Gasteiger partial charge in [0, 0.05) is 24.0 Å². The predicted octanol–water partition coefficient (Wildman–Crippen LogP) is 3.15. The monoisotopic (exact) mass is 343 g/mol. The van der Waals surface area contributed by atoms with Gasteiger partial charge in [0.2, 0.25) is 0 Å². The fourth-order valence-electron chi connectivity index (χ4n) is 2.57. The Kier molecular flexibility index (Phi) is 4.49. The van der Waals surface area contributed by atoms with Crippen LogP contribution >= 0.6 is 15.9 Å². The number of hydrogen-bond acceptors (Lipinski definition) is 2. The van der Waals surface area contributed by atoms with Crippen LogP contribution in [0.25, 0.3) is 0 Å². The number of aryl methyl sites for hydroxylation is 1. The summed E-state index contributed by atoms with van der Waals surface area (Å²) in [5, 5.41) is 0.683. The first kappa shape index (κ1) is 15.4. The van der Waals surface area contributed by atoms with Crippen molar-refractivity contribution in [2.24, 2.45) is 0 Å². The minimum absolute atomic E-state index is 0.0246. The molecular weight excluding hydrogens is 325 g/mol. The summed E-state index contributed by atoms with van der Waals surface area (Å²) in [6.45, 7) is 6.78. The summed E-state index contributed by atoms with van der Waals surface area (Å²) in [6.07, 6.45) is -0.0246. The van der Waals surface area contributed by atoms with E-state index >= 15 is 0 Å². The first-order chi connectivity index (χ1) is 9.32. The van der Waals surface area contributed by atoms with Crippen molar-refractivity contribution < 1.29 is 13.9 Å². The van der Waals surface area contributed by atoms with Crippen molar-refractivity contribution in [3.8, 4) is 0 Å². The van der Waals surface area contributed by atoms with Gasteiger partial charge in [-0.2, -0.15) is 0 Å². The Morgan fingerprint density at radius 1 is 1.55 bits per heavy atom. The summed E-state index contributed by atoms with van der Waals surface area (Å²) in [7, 11) is 0. The van der Waals surface area contributed by atoms with Crippen LogP contribution in [-0.4, -0.2) is 40.9 Å². The second-order valence-electron chi connectivity index (χ2n) is 5.80. The lowest BCUT2D eigenvalue weighted by molar-refractivity contribution is -0.116. The van der Waals surface area contributed by atoms with Gasteiger partial charge in [-0.1, -0.05) is 15.9 Å². The van der Waals surface area contributed by atoms with E-state index in [1.54, 1.807) is 17.9 Å². The van der Waals surface area contributed by atoms with Gasteiger partial charge < -0.3 is 9.64 Å². The van der Waals surface area contributed by atoms with Gasteiger partial charge in [-0.05, 0) is 44.5 Å². The fraction of sp³-hybridized carbons (Fsp3) is 0.533. The smallest absolute Gasteiger partial charge is 0.254 e. The number of benzene rings is 1. The first-order valence-electron chi connectivity index (χ1n) is 6.61. The summed E-state index contributed by atoms with van der Waals surface area (Å²) in [5.74, 6) is -0.385. The lowest BCUT2D eigenvalue weighted by Crippen LogP contribution is -2.55. The maximum Gasteiger partial charge on any atom is 0.254 e. The molecule has 1 heterocycles. The number of nitrogens with zero attached hydrogens (tertiary/aromatic N) is 1. The molecule has 3 nitrogen and oxygen atoms in total. The molecule has 0 aromatic heterocycles. The molecule has 0 N–H and O–H groups in total. The Hall–Kier alpha value is -0.940. The molecular formula is C15H19BrFNO2. The second kappa shape index (κ2) is 5.82. The number of carbonyl (C=O) groups is 1. The summed E-state index contributed by atoms with van der Waals surface area (Å²) in [6, 6.07) is 4.27. The van der Waals surface area contributed by atoms with Crippen LogP contribution in [0.5, 0.6) is 0 Å².